The molecule has 1 aromatic rings. The fourth-order valence-corrected chi connectivity index (χ4v) is 2.75. The number of carboxylic acids is 1. The van der Waals surface area contributed by atoms with Crippen LogP contribution in [0, 0.1) is 18.3 Å². The lowest BCUT2D eigenvalue weighted by Crippen LogP contribution is -2.04. The molecule has 0 heterocycles. The second kappa shape index (κ2) is 4.47. The Bertz CT molecular complexity index is 511. The van der Waals surface area contributed by atoms with Crippen LogP contribution in [0.4, 0.5) is 8.78 Å². The highest BCUT2D eigenvalue weighted by atomic mass is 19.3. The summed E-state index contributed by atoms with van der Waals surface area (Å²) in [5.74, 6) is -1.38. The van der Waals surface area contributed by atoms with Crippen molar-refractivity contribution in [3.63, 3.8) is 0 Å². The number of halogens is 2. The van der Waals surface area contributed by atoms with E-state index in [0.717, 1.165) is 5.56 Å². The zero-order chi connectivity index (χ0) is 14.4. The van der Waals surface area contributed by atoms with Gasteiger partial charge in [0.25, 0.3) is 0 Å². The van der Waals surface area contributed by atoms with Crippen molar-refractivity contribution in [1.29, 1.82) is 0 Å². The molecule has 0 radical (unpaired) electrons. The van der Waals surface area contributed by atoms with Crippen molar-refractivity contribution in [2.45, 2.75) is 33.3 Å². The number of aliphatic carboxylic acids is 1. The van der Waals surface area contributed by atoms with E-state index < -0.39 is 18.5 Å². The molecule has 5 heteroatoms. The Hall–Kier alpha value is -1.65. The first-order chi connectivity index (χ1) is 8.75. The summed E-state index contributed by atoms with van der Waals surface area (Å²) in [5.41, 5.74) is 0.983. The van der Waals surface area contributed by atoms with Gasteiger partial charge in [-0.25, -0.2) is 0 Å². The highest BCUT2D eigenvalue weighted by Gasteiger charge is 2.62. The van der Waals surface area contributed by atoms with Gasteiger partial charge < -0.3 is 9.84 Å². The van der Waals surface area contributed by atoms with E-state index in [1.807, 2.05) is 13.8 Å². The third kappa shape index (κ3) is 2.41. The molecule has 0 spiro atoms. The summed E-state index contributed by atoms with van der Waals surface area (Å²) in [4.78, 5) is 11.1. The van der Waals surface area contributed by atoms with Crippen LogP contribution in [0.1, 0.15) is 30.9 Å². The Morgan fingerprint density at radius 3 is 2.53 bits per heavy atom. The first kappa shape index (κ1) is 13.8. The summed E-state index contributed by atoms with van der Waals surface area (Å²) < 4.78 is 29.0. The van der Waals surface area contributed by atoms with Gasteiger partial charge in [-0.05, 0) is 29.5 Å². The van der Waals surface area contributed by atoms with Gasteiger partial charge >= 0.3 is 12.6 Å². The van der Waals surface area contributed by atoms with Crippen LogP contribution in [0.15, 0.2) is 18.2 Å². The number of carbonyl (C=O) groups is 1. The van der Waals surface area contributed by atoms with Gasteiger partial charge in [-0.1, -0.05) is 26.0 Å². The lowest BCUT2D eigenvalue weighted by Gasteiger charge is -2.10. The fraction of sp³-hybridized carbons (Fsp3) is 0.500. The lowest BCUT2D eigenvalue weighted by molar-refractivity contribution is -0.139. The molecule has 2 atom stereocenters. The SMILES string of the molecule is Cc1ccc([C@H]2[C@H](C(=O)O)C2(C)C)cc1OC(F)F. The summed E-state index contributed by atoms with van der Waals surface area (Å²) in [6.45, 7) is 2.53. The van der Waals surface area contributed by atoms with Gasteiger partial charge in [-0.3, -0.25) is 4.79 Å². The van der Waals surface area contributed by atoms with Crippen LogP contribution in [0.2, 0.25) is 0 Å². The number of rotatable bonds is 4. The number of hydrogen-bond acceptors (Lipinski definition) is 2. The second-order valence-corrected chi connectivity index (χ2v) is 5.52. The van der Waals surface area contributed by atoms with Crippen LogP contribution in [0.5, 0.6) is 5.75 Å². The van der Waals surface area contributed by atoms with E-state index in [2.05, 4.69) is 4.74 Å². The zero-order valence-corrected chi connectivity index (χ0v) is 11.0. The Kier molecular flexibility index (Phi) is 3.24. The molecule has 1 aliphatic rings. The van der Waals surface area contributed by atoms with Crippen LogP contribution >= 0.6 is 0 Å². The van der Waals surface area contributed by atoms with Gasteiger partial charge in [0.2, 0.25) is 0 Å². The number of ether oxygens (including phenoxy) is 1. The first-order valence-electron chi connectivity index (χ1n) is 6.03. The minimum atomic E-state index is -2.88. The van der Waals surface area contributed by atoms with E-state index in [0.29, 0.717) is 5.56 Å². The predicted octanol–water partition coefficient (Wildman–Crippen LogP) is 3.42. The smallest absolute Gasteiger partial charge is 0.387 e. The van der Waals surface area contributed by atoms with Crippen molar-refractivity contribution in [2.24, 2.45) is 11.3 Å². The fourth-order valence-electron chi connectivity index (χ4n) is 2.75. The Morgan fingerprint density at radius 1 is 1.42 bits per heavy atom. The maximum Gasteiger partial charge on any atom is 0.387 e. The van der Waals surface area contributed by atoms with Crippen molar-refractivity contribution < 1.29 is 23.4 Å². The average Bonchev–Trinajstić information content (AvgIpc) is 2.84. The van der Waals surface area contributed by atoms with E-state index in [1.54, 1.807) is 19.1 Å². The molecule has 0 aromatic heterocycles. The average molecular weight is 270 g/mol. The van der Waals surface area contributed by atoms with Crippen LogP contribution in [-0.4, -0.2) is 17.7 Å². The largest absolute Gasteiger partial charge is 0.481 e. The minimum absolute atomic E-state index is 0.110. The monoisotopic (exact) mass is 270 g/mol. The van der Waals surface area contributed by atoms with Gasteiger partial charge in [0.15, 0.2) is 0 Å². The second-order valence-electron chi connectivity index (χ2n) is 5.52. The highest BCUT2D eigenvalue weighted by molar-refractivity contribution is 5.77. The van der Waals surface area contributed by atoms with Crippen LogP contribution in [0.3, 0.4) is 0 Å². The van der Waals surface area contributed by atoms with E-state index in [4.69, 9.17) is 5.11 Å². The molecule has 0 aliphatic heterocycles. The molecule has 1 aliphatic carbocycles. The van der Waals surface area contributed by atoms with E-state index >= 15 is 0 Å². The van der Waals surface area contributed by atoms with E-state index in [1.165, 1.54) is 6.07 Å². The van der Waals surface area contributed by atoms with Crippen LogP contribution in [0.25, 0.3) is 0 Å². The molecule has 3 nitrogen and oxygen atoms in total. The molecule has 1 saturated carbocycles. The molecule has 1 N–H and O–H groups in total. The number of carboxylic acid groups (broad SMARTS) is 1. The highest BCUT2D eigenvalue weighted by Crippen LogP contribution is 2.64. The van der Waals surface area contributed by atoms with Gasteiger partial charge in [0, 0.05) is 5.92 Å². The van der Waals surface area contributed by atoms with Crippen molar-refractivity contribution in [1.82, 2.24) is 0 Å². The minimum Gasteiger partial charge on any atom is -0.481 e. The molecule has 19 heavy (non-hydrogen) atoms. The molecule has 104 valence electrons. The molecule has 0 unspecified atom stereocenters. The molecule has 0 saturated heterocycles. The normalized spacial score (nSPS) is 24.3. The summed E-state index contributed by atoms with van der Waals surface area (Å²) in [6.07, 6.45) is 0. The van der Waals surface area contributed by atoms with Crippen molar-refractivity contribution in [3.8, 4) is 5.75 Å². The summed E-state index contributed by atoms with van der Waals surface area (Å²) in [6, 6.07) is 4.99. The van der Waals surface area contributed by atoms with Crippen molar-refractivity contribution in [3.05, 3.63) is 29.3 Å². The third-order valence-electron chi connectivity index (χ3n) is 3.88. The molecule has 0 bridgehead atoms. The summed E-state index contributed by atoms with van der Waals surface area (Å²) in [7, 11) is 0. The van der Waals surface area contributed by atoms with Crippen LogP contribution < -0.4 is 4.74 Å². The maximum absolute atomic E-state index is 12.3. The molecule has 2 rings (SSSR count). The molecule has 1 fully saturated rings. The standard InChI is InChI=1S/C14H16F2O3/c1-7-4-5-8(6-9(7)19-13(15)16)10-11(12(17)18)14(10,2)3/h4-6,10-11,13H,1-3H3,(H,17,18)/t10-,11+/m0/s1. The Balaban J connectivity index is 2.30. The van der Waals surface area contributed by atoms with Gasteiger partial charge in [0.1, 0.15) is 5.75 Å². The topological polar surface area (TPSA) is 46.5 Å². The number of benzene rings is 1. The van der Waals surface area contributed by atoms with Gasteiger partial charge in [-0.2, -0.15) is 8.78 Å². The van der Waals surface area contributed by atoms with Gasteiger partial charge in [0.05, 0.1) is 5.92 Å². The number of alkyl halides is 2. The molecule has 0 amide bonds. The van der Waals surface area contributed by atoms with Crippen LogP contribution in [-0.2, 0) is 4.79 Å². The molecular formula is C14H16F2O3. The number of hydrogen-bond donors (Lipinski definition) is 1. The molecular weight excluding hydrogens is 254 g/mol. The van der Waals surface area contributed by atoms with E-state index in [9.17, 15) is 13.6 Å². The Morgan fingerprint density at radius 2 is 2.05 bits per heavy atom. The van der Waals surface area contributed by atoms with Gasteiger partial charge in [-0.15, -0.1) is 0 Å². The van der Waals surface area contributed by atoms with Crippen molar-refractivity contribution >= 4 is 5.97 Å². The maximum atomic E-state index is 12.3. The summed E-state index contributed by atoms with van der Waals surface area (Å²) >= 11 is 0. The number of aryl methyl sites for hydroxylation is 1. The molecule has 1 aromatic carbocycles. The quantitative estimate of drug-likeness (QED) is 0.911. The van der Waals surface area contributed by atoms with E-state index in [-0.39, 0.29) is 17.1 Å². The third-order valence-corrected chi connectivity index (χ3v) is 3.88. The summed E-state index contributed by atoms with van der Waals surface area (Å²) in [5, 5.41) is 9.14. The predicted molar refractivity (Wildman–Crippen MR) is 65.5 cm³/mol. The van der Waals surface area contributed by atoms with Crippen molar-refractivity contribution in [2.75, 3.05) is 0 Å². The first-order valence-corrected chi connectivity index (χ1v) is 6.03. The zero-order valence-electron chi connectivity index (χ0n) is 11.0. The Labute approximate surface area is 110 Å². The lowest BCUT2D eigenvalue weighted by atomic mass is 10.0.